The Balaban J connectivity index is 2.18. The van der Waals surface area contributed by atoms with E-state index in [2.05, 4.69) is 5.10 Å². The van der Waals surface area contributed by atoms with Gasteiger partial charge in [-0.2, -0.15) is 5.10 Å². The standard InChI is InChI=1S/C16H21N3O2/c1-4-18(3)14-9-16(21)19(17-10-14)11-15(20)13-7-5-6-12(2)8-13/h5-10,15,20H,4,11H2,1-3H3. The highest BCUT2D eigenvalue weighted by molar-refractivity contribution is 5.41. The molecule has 0 aliphatic carbocycles. The third kappa shape index (κ3) is 3.70. The van der Waals surface area contributed by atoms with E-state index in [9.17, 15) is 9.90 Å². The van der Waals surface area contributed by atoms with Crippen LogP contribution in [0.5, 0.6) is 0 Å². The van der Waals surface area contributed by atoms with Crippen molar-refractivity contribution in [3.05, 3.63) is 58.0 Å². The molecule has 0 saturated carbocycles. The third-order valence-electron chi connectivity index (χ3n) is 3.54. The number of anilines is 1. The third-order valence-corrected chi connectivity index (χ3v) is 3.54. The summed E-state index contributed by atoms with van der Waals surface area (Å²) in [5.41, 5.74) is 2.44. The summed E-state index contributed by atoms with van der Waals surface area (Å²) in [7, 11) is 1.91. The monoisotopic (exact) mass is 287 g/mol. The lowest BCUT2D eigenvalue weighted by molar-refractivity contribution is 0.149. The molecule has 0 spiro atoms. The van der Waals surface area contributed by atoms with Crippen LogP contribution in [-0.4, -0.2) is 28.5 Å². The Morgan fingerprint density at radius 2 is 2.14 bits per heavy atom. The van der Waals surface area contributed by atoms with Crippen molar-refractivity contribution in [1.82, 2.24) is 9.78 Å². The molecule has 1 heterocycles. The summed E-state index contributed by atoms with van der Waals surface area (Å²) in [6.45, 7) is 4.93. The summed E-state index contributed by atoms with van der Waals surface area (Å²) in [4.78, 5) is 14.0. The number of nitrogens with zero attached hydrogens (tertiary/aromatic N) is 3. The average Bonchev–Trinajstić information content (AvgIpc) is 2.48. The van der Waals surface area contributed by atoms with Crippen LogP contribution in [0.2, 0.25) is 0 Å². The molecule has 0 fully saturated rings. The first kappa shape index (κ1) is 15.3. The zero-order chi connectivity index (χ0) is 15.4. The Bertz CT molecular complexity index is 667. The van der Waals surface area contributed by atoms with E-state index in [0.29, 0.717) is 0 Å². The Kier molecular flexibility index (Phi) is 4.75. The van der Waals surface area contributed by atoms with Crippen LogP contribution >= 0.6 is 0 Å². The van der Waals surface area contributed by atoms with Crippen LogP contribution in [0.1, 0.15) is 24.2 Å². The van der Waals surface area contributed by atoms with Crippen LogP contribution in [0.15, 0.2) is 41.3 Å². The van der Waals surface area contributed by atoms with Gasteiger partial charge in [-0.25, -0.2) is 4.68 Å². The Labute approximate surface area is 124 Å². The fourth-order valence-corrected chi connectivity index (χ4v) is 2.10. The number of aromatic nitrogens is 2. The zero-order valence-electron chi connectivity index (χ0n) is 12.7. The second-order valence-electron chi connectivity index (χ2n) is 5.18. The van der Waals surface area contributed by atoms with Gasteiger partial charge in [-0.3, -0.25) is 4.79 Å². The van der Waals surface area contributed by atoms with Crippen molar-refractivity contribution < 1.29 is 5.11 Å². The molecule has 0 amide bonds. The normalized spacial score (nSPS) is 12.2. The summed E-state index contributed by atoms with van der Waals surface area (Å²) in [5.74, 6) is 0. The van der Waals surface area contributed by atoms with E-state index in [1.807, 2.05) is 50.1 Å². The minimum absolute atomic E-state index is 0.151. The molecule has 1 N–H and O–H groups in total. The topological polar surface area (TPSA) is 58.4 Å². The van der Waals surface area contributed by atoms with Crippen molar-refractivity contribution in [1.29, 1.82) is 0 Å². The Morgan fingerprint density at radius 3 is 2.76 bits per heavy atom. The summed E-state index contributed by atoms with van der Waals surface area (Å²) in [6.07, 6.45) is 0.901. The number of rotatable bonds is 5. The van der Waals surface area contributed by atoms with Gasteiger partial charge in [-0.1, -0.05) is 29.8 Å². The molecule has 0 bridgehead atoms. The molecule has 21 heavy (non-hydrogen) atoms. The van der Waals surface area contributed by atoms with Gasteiger partial charge in [0.25, 0.3) is 5.56 Å². The first-order chi connectivity index (χ1) is 10.0. The fourth-order valence-electron chi connectivity index (χ4n) is 2.10. The quantitative estimate of drug-likeness (QED) is 0.910. The molecule has 1 unspecified atom stereocenters. The second-order valence-corrected chi connectivity index (χ2v) is 5.18. The first-order valence-corrected chi connectivity index (χ1v) is 7.04. The number of aryl methyl sites for hydroxylation is 1. The highest BCUT2D eigenvalue weighted by Crippen LogP contribution is 2.15. The Hall–Kier alpha value is -2.14. The maximum atomic E-state index is 12.1. The molecule has 1 aromatic heterocycles. The van der Waals surface area contributed by atoms with Crippen molar-refractivity contribution in [2.45, 2.75) is 26.5 Å². The highest BCUT2D eigenvalue weighted by Gasteiger charge is 2.11. The van der Waals surface area contributed by atoms with Gasteiger partial charge in [0.15, 0.2) is 0 Å². The predicted octanol–water partition coefficient (Wildman–Crippen LogP) is 1.74. The van der Waals surface area contributed by atoms with Crippen molar-refractivity contribution in [3.63, 3.8) is 0 Å². The average molecular weight is 287 g/mol. The zero-order valence-corrected chi connectivity index (χ0v) is 12.7. The maximum absolute atomic E-state index is 12.1. The molecule has 2 rings (SSSR count). The lowest BCUT2D eigenvalue weighted by Gasteiger charge is -2.17. The maximum Gasteiger partial charge on any atom is 0.268 e. The molecule has 0 radical (unpaired) electrons. The van der Waals surface area contributed by atoms with Gasteiger partial charge in [0, 0.05) is 19.7 Å². The Morgan fingerprint density at radius 1 is 1.38 bits per heavy atom. The smallest absolute Gasteiger partial charge is 0.268 e. The van der Waals surface area contributed by atoms with Gasteiger partial charge < -0.3 is 10.0 Å². The van der Waals surface area contributed by atoms with Crippen LogP contribution in [-0.2, 0) is 6.54 Å². The van der Waals surface area contributed by atoms with Crippen LogP contribution in [0, 0.1) is 6.92 Å². The summed E-state index contributed by atoms with van der Waals surface area (Å²) in [6, 6.07) is 9.16. The molecule has 0 saturated heterocycles. The predicted molar refractivity (Wildman–Crippen MR) is 83.6 cm³/mol. The number of aliphatic hydroxyl groups excluding tert-OH is 1. The molecular weight excluding hydrogens is 266 g/mol. The molecule has 5 nitrogen and oxygen atoms in total. The van der Waals surface area contributed by atoms with Crippen LogP contribution in [0.3, 0.4) is 0 Å². The molecule has 1 atom stereocenters. The molecule has 0 aliphatic heterocycles. The van der Waals surface area contributed by atoms with Crippen molar-refractivity contribution in [2.24, 2.45) is 0 Å². The molecular formula is C16H21N3O2. The molecule has 5 heteroatoms. The summed E-state index contributed by atoms with van der Waals surface area (Å²) < 4.78 is 1.29. The number of hydrogen-bond donors (Lipinski definition) is 1. The van der Waals surface area contributed by atoms with Gasteiger partial charge in [0.05, 0.1) is 24.5 Å². The van der Waals surface area contributed by atoms with Gasteiger partial charge >= 0.3 is 0 Å². The van der Waals surface area contributed by atoms with E-state index in [1.54, 1.807) is 12.3 Å². The SMILES string of the molecule is CCN(C)c1cnn(CC(O)c2cccc(C)c2)c(=O)c1. The van der Waals surface area contributed by atoms with E-state index in [1.165, 1.54) is 4.68 Å². The van der Waals surface area contributed by atoms with Gasteiger partial charge in [-0.15, -0.1) is 0 Å². The fraction of sp³-hybridized carbons (Fsp3) is 0.375. The second kappa shape index (κ2) is 6.54. The number of benzene rings is 1. The lowest BCUT2D eigenvalue weighted by atomic mass is 10.1. The minimum atomic E-state index is -0.746. The van der Waals surface area contributed by atoms with E-state index in [-0.39, 0.29) is 12.1 Å². The van der Waals surface area contributed by atoms with E-state index < -0.39 is 6.10 Å². The summed E-state index contributed by atoms with van der Waals surface area (Å²) in [5, 5.41) is 14.4. The molecule has 1 aromatic carbocycles. The van der Waals surface area contributed by atoms with Crippen LogP contribution in [0.25, 0.3) is 0 Å². The molecule has 0 aliphatic rings. The van der Waals surface area contributed by atoms with Gasteiger partial charge in [-0.05, 0) is 19.4 Å². The van der Waals surface area contributed by atoms with Crippen molar-refractivity contribution >= 4 is 5.69 Å². The first-order valence-electron chi connectivity index (χ1n) is 7.04. The van der Waals surface area contributed by atoms with Crippen molar-refractivity contribution in [3.8, 4) is 0 Å². The van der Waals surface area contributed by atoms with Crippen molar-refractivity contribution in [2.75, 3.05) is 18.5 Å². The van der Waals surface area contributed by atoms with Crippen LogP contribution < -0.4 is 10.5 Å². The summed E-state index contributed by atoms with van der Waals surface area (Å²) >= 11 is 0. The number of aliphatic hydroxyl groups is 1. The van der Waals surface area contributed by atoms with E-state index in [4.69, 9.17) is 0 Å². The molecule has 2 aromatic rings. The molecule has 112 valence electrons. The van der Waals surface area contributed by atoms with Gasteiger partial charge in [0.1, 0.15) is 0 Å². The minimum Gasteiger partial charge on any atom is -0.386 e. The van der Waals surface area contributed by atoms with E-state index in [0.717, 1.165) is 23.4 Å². The highest BCUT2D eigenvalue weighted by atomic mass is 16.3. The largest absolute Gasteiger partial charge is 0.386 e. The van der Waals surface area contributed by atoms with Gasteiger partial charge in [0.2, 0.25) is 0 Å². The van der Waals surface area contributed by atoms with E-state index >= 15 is 0 Å². The lowest BCUT2D eigenvalue weighted by Crippen LogP contribution is -2.27. The number of hydrogen-bond acceptors (Lipinski definition) is 4. The van der Waals surface area contributed by atoms with Crippen LogP contribution in [0.4, 0.5) is 5.69 Å².